The van der Waals surface area contributed by atoms with E-state index in [2.05, 4.69) is 5.10 Å². The summed E-state index contributed by atoms with van der Waals surface area (Å²) in [5.74, 6) is 1.28. The van der Waals surface area contributed by atoms with Crippen LogP contribution in [0.3, 0.4) is 0 Å². The zero-order valence-corrected chi connectivity index (χ0v) is 9.56. The summed E-state index contributed by atoms with van der Waals surface area (Å²) in [6.07, 6.45) is 0. The van der Waals surface area contributed by atoms with Gasteiger partial charge in [-0.3, -0.25) is 14.6 Å². The summed E-state index contributed by atoms with van der Waals surface area (Å²) in [6, 6.07) is 7.03. The number of methoxy groups -OCH3 is 1. The third-order valence-electron chi connectivity index (χ3n) is 2.35. The molecule has 0 bridgehead atoms. The number of hydrogen-bond acceptors (Lipinski definition) is 4. The Morgan fingerprint density at radius 1 is 1.29 bits per heavy atom. The highest BCUT2D eigenvalue weighted by Gasteiger charge is 2.14. The molecule has 17 heavy (non-hydrogen) atoms. The largest absolute Gasteiger partial charge is 0.493 e. The van der Waals surface area contributed by atoms with Crippen molar-refractivity contribution in [2.75, 3.05) is 12.8 Å². The van der Waals surface area contributed by atoms with E-state index in [1.165, 1.54) is 11.8 Å². The Kier molecular flexibility index (Phi) is 2.78. The molecule has 0 saturated heterocycles. The van der Waals surface area contributed by atoms with Crippen LogP contribution in [0.25, 0.3) is 0 Å². The van der Waals surface area contributed by atoms with Gasteiger partial charge in [0.25, 0.3) is 0 Å². The first kappa shape index (κ1) is 11.1. The molecule has 90 valence electrons. The minimum absolute atomic E-state index is 0.0667. The number of aryl methyl sites for hydroxylation is 1. The summed E-state index contributed by atoms with van der Waals surface area (Å²) >= 11 is 0. The van der Waals surface area contributed by atoms with E-state index in [9.17, 15) is 4.79 Å². The molecule has 0 unspecified atom stereocenters. The molecule has 0 radical (unpaired) electrons. The molecule has 1 aromatic carbocycles. The van der Waals surface area contributed by atoms with Gasteiger partial charge in [0.1, 0.15) is 0 Å². The van der Waals surface area contributed by atoms with Crippen molar-refractivity contribution in [2.24, 2.45) is 7.05 Å². The van der Waals surface area contributed by atoms with Crippen LogP contribution in [0.15, 0.2) is 29.1 Å². The summed E-state index contributed by atoms with van der Waals surface area (Å²) < 4.78 is 12.0. The Morgan fingerprint density at radius 2 is 1.94 bits per heavy atom. The van der Waals surface area contributed by atoms with E-state index in [0.717, 1.165) is 0 Å². The predicted molar refractivity (Wildman–Crippen MR) is 63.5 cm³/mol. The summed E-state index contributed by atoms with van der Waals surface area (Å²) in [7, 11) is 3.16. The predicted octanol–water partition coefficient (Wildman–Crippen LogP) is 1.10. The number of nitrogens with two attached hydrogens (primary N) is 1. The van der Waals surface area contributed by atoms with Gasteiger partial charge in [-0.15, -0.1) is 0 Å². The highest BCUT2D eigenvalue weighted by atomic mass is 16.5. The number of hydrogen-bond donors (Lipinski definition) is 2. The van der Waals surface area contributed by atoms with Gasteiger partial charge in [0.05, 0.1) is 7.11 Å². The van der Waals surface area contributed by atoms with Crippen molar-refractivity contribution in [3.05, 3.63) is 34.6 Å². The fourth-order valence-electron chi connectivity index (χ4n) is 1.44. The van der Waals surface area contributed by atoms with Crippen LogP contribution in [0.4, 0.5) is 5.82 Å². The molecule has 0 aliphatic rings. The zero-order chi connectivity index (χ0) is 12.4. The minimum Gasteiger partial charge on any atom is -0.493 e. The van der Waals surface area contributed by atoms with Gasteiger partial charge in [0.2, 0.25) is 5.75 Å². The second kappa shape index (κ2) is 4.25. The summed E-state index contributed by atoms with van der Waals surface area (Å²) in [4.78, 5) is 11.5. The van der Waals surface area contributed by atoms with Gasteiger partial charge in [0, 0.05) is 7.05 Å². The lowest BCUT2D eigenvalue weighted by molar-refractivity contribution is 0.378. The van der Waals surface area contributed by atoms with E-state index in [4.69, 9.17) is 15.2 Å². The van der Waals surface area contributed by atoms with E-state index in [-0.39, 0.29) is 17.1 Å². The van der Waals surface area contributed by atoms with Crippen molar-refractivity contribution < 1.29 is 9.47 Å². The number of para-hydroxylation sites is 2. The Morgan fingerprint density at radius 3 is 2.47 bits per heavy atom. The second-order valence-electron chi connectivity index (χ2n) is 3.47. The molecule has 0 fully saturated rings. The van der Waals surface area contributed by atoms with E-state index in [0.29, 0.717) is 11.5 Å². The molecule has 6 heteroatoms. The lowest BCUT2D eigenvalue weighted by Gasteiger charge is -2.08. The number of benzene rings is 1. The van der Waals surface area contributed by atoms with Crippen molar-refractivity contribution in [3.8, 4) is 17.2 Å². The number of nitrogen functional groups attached to an aromatic ring is 1. The Bertz CT molecular complexity index is 586. The Balaban J connectivity index is 2.41. The van der Waals surface area contributed by atoms with E-state index < -0.39 is 0 Å². The second-order valence-corrected chi connectivity index (χ2v) is 3.47. The third-order valence-corrected chi connectivity index (χ3v) is 2.35. The van der Waals surface area contributed by atoms with E-state index in [1.807, 2.05) is 6.07 Å². The summed E-state index contributed by atoms with van der Waals surface area (Å²) in [6.45, 7) is 0. The zero-order valence-electron chi connectivity index (χ0n) is 9.56. The van der Waals surface area contributed by atoms with Gasteiger partial charge in [-0.1, -0.05) is 12.1 Å². The third kappa shape index (κ3) is 1.96. The molecule has 6 nitrogen and oxygen atoms in total. The van der Waals surface area contributed by atoms with Crippen molar-refractivity contribution in [1.82, 2.24) is 9.78 Å². The van der Waals surface area contributed by atoms with Gasteiger partial charge < -0.3 is 15.2 Å². The van der Waals surface area contributed by atoms with Gasteiger partial charge in [-0.25, -0.2) is 0 Å². The van der Waals surface area contributed by atoms with E-state index in [1.54, 1.807) is 25.2 Å². The van der Waals surface area contributed by atoms with E-state index >= 15 is 0 Å². The fraction of sp³-hybridized carbons (Fsp3) is 0.182. The molecule has 1 heterocycles. The van der Waals surface area contributed by atoms with Crippen molar-refractivity contribution >= 4 is 5.82 Å². The summed E-state index contributed by atoms with van der Waals surface area (Å²) in [5.41, 5.74) is 5.33. The minimum atomic E-state index is -0.379. The fourth-order valence-corrected chi connectivity index (χ4v) is 1.44. The van der Waals surface area contributed by atoms with Gasteiger partial charge in [0.15, 0.2) is 17.3 Å². The molecule has 0 saturated carbocycles. The molecular formula is C11H13N3O3. The standard InChI is InChI=1S/C11H13N3O3/c1-14-10(12)9(11(15)13-14)17-8-6-4-3-5-7(8)16-2/h3-6H,12H2,1-2H3,(H,13,15). The van der Waals surface area contributed by atoms with Gasteiger partial charge in [-0.05, 0) is 12.1 Å². The first-order valence-corrected chi connectivity index (χ1v) is 4.99. The van der Waals surface area contributed by atoms with Crippen LogP contribution in [0.2, 0.25) is 0 Å². The molecule has 2 aromatic rings. The molecule has 0 aliphatic heterocycles. The maximum absolute atomic E-state index is 11.5. The molecule has 3 N–H and O–H groups in total. The lowest BCUT2D eigenvalue weighted by atomic mass is 10.3. The molecule has 0 atom stereocenters. The molecular weight excluding hydrogens is 222 g/mol. The number of anilines is 1. The molecule has 2 rings (SSSR count). The molecule has 0 spiro atoms. The van der Waals surface area contributed by atoms with Crippen molar-refractivity contribution in [1.29, 1.82) is 0 Å². The average molecular weight is 235 g/mol. The number of rotatable bonds is 3. The molecule has 0 aliphatic carbocycles. The number of ether oxygens (including phenoxy) is 2. The maximum atomic E-state index is 11.5. The monoisotopic (exact) mass is 235 g/mol. The van der Waals surface area contributed by atoms with Crippen LogP contribution in [0, 0.1) is 0 Å². The van der Waals surface area contributed by atoms with Crippen LogP contribution in [-0.2, 0) is 7.05 Å². The van der Waals surface area contributed by atoms with Crippen LogP contribution < -0.4 is 20.8 Å². The van der Waals surface area contributed by atoms with Crippen molar-refractivity contribution in [2.45, 2.75) is 0 Å². The first-order valence-electron chi connectivity index (χ1n) is 4.99. The topological polar surface area (TPSA) is 82.3 Å². The maximum Gasteiger partial charge on any atom is 0.309 e. The molecule has 1 aromatic heterocycles. The summed E-state index contributed by atoms with van der Waals surface area (Å²) in [5, 5.41) is 2.50. The van der Waals surface area contributed by atoms with Gasteiger partial charge in [-0.2, -0.15) is 0 Å². The smallest absolute Gasteiger partial charge is 0.309 e. The van der Waals surface area contributed by atoms with Crippen molar-refractivity contribution in [3.63, 3.8) is 0 Å². The number of nitrogens with one attached hydrogen (secondary N) is 1. The quantitative estimate of drug-likeness (QED) is 0.834. The highest BCUT2D eigenvalue weighted by Crippen LogP contribution is 2.31. The number of nitrogens with zero attached hydrogens (tertiary/aromatic N) is 1. The van der Waals surface area contributed by atoms with Crippen LogP contribution >= 0.6 is 0 Å². The number of H-pyrrole nitrogens is 1. The SMILES string of the molecule is COc1ccccc1Oc1c(N)n(C)[nH]c1=O. The normalized spacial score (nSPS) is 10.2. The first-order chi connectivity index (χ1) is 8.13. The van der Waals surface area contributed by atoms with Crippen LogP contribution in [-0.4, -0.2) is 16.9 Å². The Hall–Kier alpha value is -2.37. The molecule has 0 amide bonds. The van der Waals surface area contributed by atoms with Gasteiger partial charge >= 0.3 is 5.56 Å². The van der Waals surface area contributed by atoms with Crippen LogP contribution in [0.1, 0.15) is 0 Å². The van der Waals surface area contributed by atoms with Crippen LogP contribution in [0.5, 0.6) is 17.2 Å². The highest BCUT2D eigenvalue weighted by molar-refractivity contribution is 5.50. The lowest BCUT2D eigenvalue weighted by Crippen LogP contribution is -2.04. The number of aromatic amines is 1. The Labute approximate surface area is 97.6 Å². The average Bonchev–Trinajstić information content (AvgIpc) is 2.57. The number of aromatic nitrogens is 2.